The predicted molar refractivity (Wildman–Crippen MR) is 97.8 cm³/mol. The zero-order valence-corrected chi connectivity index (χ0v) is 15.5. The number of hydrogen-bond acceptors (Lipinski definition) is 5. The number of ether oxygens (including phenoxy) is 2. The minimum atomic E-state index is -0.315. The van der Waals surface area contributed by atoms with E-state index >= 15 is 0 Å². The summed E-state index contributed by atoms with van der Waals surface area (Å²) in [5.74, 6) is 1.24. The first-order valence-electron chi connectivity index (χ1n) is 8.21. The molecule has 0 unspecified atom stereocenters. The highest BCUT2D eigenvalue weighted by Gasteiger charge is 2.07. The van der Waals surface area contributed by atoms with Gasteiger partial charge in [-0.3, -0.25) is 9.36 Å². The van der Waals surface area contributed by atoms with Crippen molar-refractivity contribution in [1.82, 2.24) is 20.2 Å². The molecule has 2 amide bonds. The summed E-state index contributed by atoms with van der Waals surface area (Å²) in [7, 11) is 3.13. The van der Waals surface area contributed by atoms with Crippen molar-refractivity contribution in [1.29, 1.82) is 0 Å². The zero-order chi connectivity index (χ0) is 19.1. The molecule has 0 aliphatic rings. The first kappa shape index (κ1) is 19.3. The fourth-order valence-corrected chi connectivity index (χ4v) is 2.36. The van der Waals surface area contributed by atoms with Gasteiger partial charge in [0, 0.05) is 30.9 Å². The van der Waals surface area contributed by atoms with Crippen LogP contribution in [0.4, 0.5) is 4.79 Å². The largest absolute Gasteiger partial charge is 0.493 e. The maximum absolute atomic E-state index is 12.1. The van der Waals surface area contributed by atoms with Crippen LogP contribution in [0.2, 0.25) is 0 Å². The minimum Gasteiger partial charge on any atom is -0.493 e. The van der Waals surface area contributed by atoms with E-state index < -0.39 is 0 Å². The number of urea groups is 1. The van der Waals surface area contributed by atoms with Gasteiger partial charge in [-0.2, -0.15) is 0 Å². The molecule has 0 radical (unpaired) electrons. The second kappa shape index (κ2) is 8.89. The molecule has 26 heavy (non-hydrogen) atoms. The molecule has 2 aromatic rings. The molecule has 2 N–H and O–H groups in total. The third-order valence-corrected chi connectivity index (χ3v) is 4.05. The number of carbonyl (C=O) groups excluding carboxylic acids is 1. The highest BCUT2D eigenvalue weighted by molar-refractivity contribution is 5.73. The van der Waals surface area contributed by atoms with Gasteiger partial charge in [0.2, 0.25) is 0 Å². The Labute approximate surface area is 152 Å². The Balaban J connectivity index is 1.83. The number of hydrogen-bond donors (Lipinski definition) is 2. The molecule has 0 spiro atoms. The molecular weight excluding hydrogens is 336 g/mol. The van der Waals surface area contributed by atoms with Gasteiger partial charge in [-0.15, -0.1) is 0 Å². The van der Waals surface area contributed by atoms with Gasteiger partial charge in [-0.25, -0.2) is 9.78 Å². The van der Waals surface area contributed by atoms with E-state index in [1.807, 2.05) is 6.07 Å². The summed E-state index contributed by atoms with van der Waals surface area (Å²) in [4.78, 5) is 28.1. The van der Waals surface area contributed by atoms with Crippen LogP contribution in [0.1, 0.15) is 16.8 Å². The van der Waals surface area contributed by atoms with Crippen LogP contribution in [0, 0.1) is 13.8 Å². The van der Waals surface area contributed by atoms with Gasteiger partial charge in [0.05, 0.1) is 20.5 Å². The lowest BCUT2D eigenvalue weighted by molar-refractivity contribution is 0.240. The average molecular weight is 360 g/mol. The van der Waals surface area contributed by atoms with Gasteiger partial charge in [0.25, 0.3) is 5.56 Å². The first-order chi connectivity index (χ1) is 12.5. The summed E-state index contributed by atoms with van der Waals surface area (Å²) in [6, 6.07) is 5.12. The lowest BCUT2D eigenvalue weighted by atomic mass is 10.2. The fraction of sp³-hybridized carbons (Fsp3) is 0.389. The summed E-state index contributed by atoms with van der Waals surface area (Å²) >= 11 is 0. The molecule has 0 aliphatic heterocycles. The van der Waals surface area contributed by atoms with E-state index in [0.29, 0.717) is 42.4 Å². The van der Waals surface area contributed by atoms with E-state index in [-0.39, 0.29) is 11.6 Å². The third kappa shape index (κ3) is 4.75. The number of aryl methyl sites for hydroxylation is 1. The van der Waals surface area contributed by atoms with Gasteiger partial charge in [0.15, 0.2) is 11.5 Å². The second-order valence-corrected chi connectivity index (χ2v) is 5.75. The van der Waals surface area contributed by atoms with E-state index in [4.69, 9.17) is 9.47 Å². The van der Waals surface area contributed by atoms with E-state index in [1.165, 1.54) is 10.9 Å². The van der Waals surface area contributed by atoms with E-state index in [0.717, 1.165) is 5.56 Å². The minimum absolute atomic E-state index is 0.0926. The predicted octanol–water partition coefficient (Wildman–Crippen LogP) is 1.38. The molecule has 0 fully saturated rings. The molecule has 8 heteroatoms. The molecule has 0 aliphatic carbocycles. The van der Waals surface area contributed by atoms with Crippen LogP contribution in [0.3, 0.4) is 0 Å². The summed E-state index contributed by atoms with van der Waals surface area (Å²) < 4.78 is 11.9. The standard InChI is InChI=1S/C18H24N4O4/c1-12-13(2)21-11-22(17(12)23)8-7-19-18(24)20-10-14-5-6-15(25-3)16(9-14)26-4/h5-6,9,11H,7-8,10H2,1-4H3,(H2,19,20,24). The second-order valence-electron chi connectivity index (χ2n) is 5.75. The van der Waals surface area contributed by atoms with Gasteiger partial charge in [-0.1, -0.05) is 6.07 Å². The van der Waals surface area contributed by atoms with Crippen molar-refractivity contribution in [2.24, 2.45) is 0 Å². The van der Waals surface area contributed by atoms with Gasteiger partial charge in [0.1, 0.15) is 0 Å². The first-order valence-corrected chi connectivity index (χ1v) is 8.21. The van der Waals surface area contributed by atoms with Crippen LogP contribution in [0.15, 0.2) is 29.3 Å². The lowest BCUT2D eigenvalue weighted by Crippen LogP contribution is -2.38. The number of nitrogens with one attached hydrogen (secondary N) is 2. The number of carbonyl (C=O) groups is 1. The van der Waals surface area contributed by atoms with Crippen LogP contribution >= 0.6 is 0 Å². The smallest absolute Gasteiger partial charge is 0.315 e. The number of nitrogens with zero attached hydrogens (tertiary/aromatic N) is 2. The molecule has 0 saturated heterocycles. The Morgan fingerprint density at radius 1 is 1.15 bits per heavy atom. The topological polar surface area (TPSA) is 94.5 Å². The van der Waals surface area contributed by atoms with Gasteiger partial charge >= 0.3 is 6.03 Å². The maximum atomic E-state index is 12.1. The van der Waals surface area contributed by atoms with Crippen molar-refractivity contribution < 1.29 is 14.3 Å². The van der Waals surface area contributed by atoms with Crippen LogP contribution < -0.4 is 25.7 Å². The summed E-state index contributed by atoms with van der Waals surface area (Å²) in [5, 5.41) is 5.48. The number of methoxy groups -OCH3 is 2. The van der Waals surface area contributed by atoms with E-state index in [2.05, 4.69) is 15.6 Å². The molecule has 0 bridgehead atoms. The Bertz CT molecular complexity index is 832. The molecule has 8 nitrogen and oxygen atoms in total. The number of benzene rings is 1. The molecule has 1 heterocycles. The Kier molecular flexibility index (Phi) is 6.60. The van der Waals surface area contributed by atoms with Gasteiger partial charge in [-0.05, 0) is 31.5 Å². The highest BCUT2D eigenvalue weighted by atomic mass is 16.5. The molecule has 140 valence electrons. The van der Waals surface area contributed by atoms with Crippen molar-refractivity contribution in [3.05, 3.63) is 51.7 Å². The molecule has 0 saturated carbocycles. The van der Waals surface area contributed by atoms with Crippen molar-refractivity contribution in [3.8, 4) is 11.5 Å². The lowest BCUT2D eigenvalue weighted by Gasteiger charge is -2.11. The fourth-order valence-electron chi connectivity index (χ4n) is 2.36. The monoisotopic (exact) mass is 360 g/mol. The van der Waals surface area contributed by atoms with Crippen molar-refractivity contribution in [2.45, 2.75) is 26.9 Å². The normalized spacial score (nSPS) is 10.3. The summed E-state index contributed by atoms with van der Waals surface area (Å²) in [6.45, 7) is 4.56. The SMILES string of the molecule is COc1ccc(CNC(=O)NCCn2cnc(C)c(C)c2=O)cc1OC. The van der Waals surface area contributed by atoms with Crippen molar-refractivity contribution in [2.75, 3.05) is 20.8 Å². The van der Waals surface area contributed by atoms with Crippen molar-refractivity contribution in [3.63, 3.8) is 0 Å². The summed E-state index contributed by atoms with van der Waals surface area (Å²) in [5.41, 5.74) is 2.12. The number of amides is 2. The van der Waals surface area contributed by atoms with Crippen molar-refractivity contribution >= 4 is 6.03 Å². The summed E-state index contributed by atoms with van der Waals surface area (Å²) in [6.07, 6.45) is 1.49. The van der Waals surface area contributed by atoms with Crippen LogP contribution in [0.5, 0.6) is 11.5 Å². The van der Waals surface area contributed by atoms with E-state index in [1.54, 1.807) is 40.2 Å². The van der Waals surface area contributed by atoms with Crippen LogP contribution in [-0.2, 0) is 13.1 Å². The quantitative estimate of drug-likeness (QED) is 0.778. The molecule has 0 atom stereocenters. The number of aromatic nitrogens is 2. The zero-order valence-electron chi connectivity index (χ0n) is 15.5. The van der Waals surface area contributed by atoms with E-state index in [9.17, 15) is 9.59 Å². The van der Waals surface area contributed by atoms with Gasteiger partial charge < -0.3 is 20.1 Å². The van der Waals surface area contributed by atoms with Crippen LogP contribution in [-0.4, -0.2) is 36.3 Å². The Hall–Kier alpha value is -3.03. The Morgan fingerprint density at radius 3 is 2.58 bits per heavy atom. The van der Waals surface area contributed by atoms with Crippen LogP contribution in [0.25, 0.3) is 0 Å². The molecule has 1 aromatic heterocycles. The molecule has 2 rings (SSSR count). The number of rotatable bonds is 7. The average Bonchev–Trinajstić information content (AvgIpc) is 2.66. The molecular formula is C18H24N4O4. The maximum Gasteiger partial charge on any atom is 0.315 e. The Morgan fingerprint density at radius 2 is 1.88 bits per heavy atom. The third-order valence-electron chi connectivity index (χ3n) is 4.05. The highest BCUT2D eigenvalue weighted by Crippen LogP contribution is 2.27. The molecule has 1 aromatic carbocycles.